The molecule has 0 bridgehead atoms. The van der Waals surface area contributed by atoms with Crippen LogP contribution in [0.1, 0.15) is 16.7 Å². The Hall–Kier alpha value is -1.73. The smallest absolute Gasteiger partial charge is 0.260 e. The molecule has 1 aromatic rings. The molecular weight excluding hydrogens is 178 g/mol. The van der Waals surface area contributed by atoms with E-state index < -0.39 is 5.91 Å². The highest BCUT2D eigenvalue weighted by Crippen LogP contribution is 2.11. The van der Waals surface area contributed by atoms with Crippen LogP contribution in [0.2, 0.25) is 0 Å². The second kappa shape index (κ2) is 4.49. The molecule has 0 atom stereocenters. The maximum atomic E-state index is 11.0. The van der Waals surface area contributed by atoms with Crippen LogP contribution in [-0.4, -0.2) is 12.0 Å². The molecule has 0 saturated carbocycles. The van der Waals surface area contributed by atoms with E-state index >= 15 is 0 Å². The normalized spacial score (nSPS) is 9.29. The van der Waals surface area contributed by atoms with Gasteiger partial charge in [-0.1, -0.05) is 23.8 Å². The van der Waals surface area contributed by atoms with Crippen molar-refractivity contribution >= 4 is 12.0 Å². The fraction of sp³-hybridized carbons (Fsp3) is 0.273. The number of hydrogen-bond donors (Lipinski definition) is 0. The van der Waals surface area contributed by atoms with Crippen LogP contribution in [0, 0.1) is 13.8 Å². The Labute approximate surface area is 82.5 Å². The Kier molecular flexibility index (Phi) is 3.32. The van der Waals surface area contributed by atoms with Crippen molar-refractivity contribution in [2.45, 2.75) is 20.3 Å². The average Bonchev–Trinajstić information content (AvgIpc) is 2.10. The van der Waals surface area contributed by atoms with Gasteiger partial charge in [0.15, 0.2) is 0 Å². The zero-order valence-electron chi connectivity index (χ0n) is 8.20. The topological polar surface area (TPSA) is 46.5 Å². The molecule has 14 heavy (non-hydrogen) atoms. The van der Waals surface area contributed by atoms with Crippen LogP contribution in [0.4, 0.5) is 0 Å². The second-order valence-electron chi connectivity index (χ2n) is 3.20. The molecule has 0 aliphatic carbocycles. The van der Waals surface area contributed by atoms with Gasteiger partial charge in [0.25, 0.3) is 5.91 Å². The van der Waals surface area contributed by atoms with Gasteiger partial charge in [0, 0.05) is 0 Å². The van der Waals surface area contributed by atoms with E-state index in [-0.39, 0.29) is 6.42 Å². The number of hydrogen-bond acceptors (Lipinski definition) is 2. The molecule has 0 heterocycles. The van der Waals surface area contributed by atoms with Gasteiger partial charge in [0.1, 0.15) is 0 Å². The Bertz CT molecular complexity index is 404. The lowest BCUT2D eigenvalue weighted by molar-refractivity contribution is -0.117. The number of rotatable bonds is 2. The van der Waals surface area contributed by atoms with E-state index in [4.69, 9.17) is 0 Å². The first kappa shape index (κ1) is 10.4. The van der Waals surface area contributed by atoms with Crippen molar-refractivity contribution in [3.05, 3.63) is 34.9 Å². The molecule has 72 valence electrons. The molecule has 3 heteroatoms. The van der Waals surface area contributed by atoms with Crippen LogP contribution >= 0.6 is 0 Å². The van der Waals surface area contributed by atoms with Gasteiger partial charge in [-0.05, 0) is 25.0 Å². The summed E-state index contributed by atoms with van der Waals surface area (Å²) < 4.78 is 0. The average molecular weight is 189 g/mol. The number of isocyanates is 1. The SMILES string of the molecule is Cc1ccc(CC(=O)N=C=O)c(C)c1. The summed E-state index contributed by atoms with van der Waals surface area (Å²) in [5.41, 5.74) is 3.09. The van der Waals surface area contributed by atoms with Gasteiger partial charge in [-0.3, -0.25) is 4.79 Å². The summed E-state index contributed by atoms with van der Waals surface area (Å²) >= 11 is 0. The summed E-state index contributed by atoms with van der Waals surface area (Å²) in [6.45, 7) is 3.92. The van der Waals surface area contributed by atoms with Gasteiger partial charge >= 0.3 is 0 Å². The van der Waals surface area contributed by atoms with Crippen molar-refractivity contribution in [1.29, 1.82) is 0 Å². The lowest BCUT2D eigenvalue weighted by atomic mass is 10.0. The molecule has 3 nitrogen and oxygen atoms in total. The lowest BCUT2D eigenvalue weighted by Gasteiger charge is -2.03. The fourth-order valence-electron chi connectivity index (χ4n) is 1.30. The molecule has 0 spiro atoms. The predicted molar refractivity (Wildman–Crippen MR) is 52.7 cm³/mol. The molecule has 0 aromatic heterocycles. The number of aryl methyl sites for hydroxylation is 2. The van der Waals surface area contributed by atoms with E-state index in [0.29, 0.717) is 0 Å². The molecule has 0 aliphatic heterocycles. The molecule has 1 aromatic carbocycles. The number of benzene rings is 1. The first-order valence-corrected chi connectivity index (χ1v) is 4.30. The zero-order valence-corrected chi connectivity index (χ0v) is 8.20. The van der Waals surface area contributed by atoms with E-state index in [1.54, 1.807) is 0 Å². The fourth-order valence-corrected chi connectivity index (χ4v) is 1.30. The molecular formula is C11H11NO2. The number of nitrogens with zero attached hydrogens (tertiary/aromatic N) is 1. The molecule has 1 rings (SSSR count). The third-order valence-corrected chi connectivity index (χ3v) is 2.01. The highest BCUT2D eigenvalue weighted by molar-refractivity contribution is 5.83. The van der Waals surface area contributed by atoms with Crippen molar-refractivity contribution < 1.29 is 9.59 Å². The monoisotopic (exact) mass is 189 g/mol. The van der Waals surface area contributed by atoms with Gasteiger partial charge in [0.2, 0.25) is 6.08 Å². The third kappa shape index (κ3) is 2.64. The molecule has 1 amide bonds. The van der Waals surface area contributed by atoms with Crippen LogP contribution in [0.15, 0.2) is 23.2 Å². The third-order valence-electron chi connectivity index (χ3n) is 2.01. The molecule has 0 aliphatic rings. The Morgan fingerprint density at radius 2 is 2.14 bits per heavy atom. The molecule has 0 fully saturated rings. The highest BCUT2D eigenvalue weighted by atomic mass is 16.2. The summed E-state index contributed by atoms with van der Waals surface area (Å²) in [5, 5.41) is 0. The van der Waals surface area contributed by atoms with Crippen LogP contribution in [-0.2, 0) is 16.0 Å². The van der Waals surface area contributed by atoms with Gasteiger partial charge in [-0.25, -0.2) is 4.79 Å². The summed E-state index contributed by atoms with van der Waals surface area (Å²) in [7, 11) is 0. The van der Waals surface area contributed by atoms with Crippen LogP contribution < -0.4 is 0 Å². The predicted octanol–water partition coefficient (Wildman–Crippen LogP) is 1.71. The van der Waals surface area contributed by atoms with E-state index in [0.717, 1.165) is 16.7 Å². The van der Waals surface area contributed by atoms with E-state index in [1.165, 1.54) is 6.08 Å². The minimum Gasteiger partial charge on any atom is -0.271 e. The van der Waals surface area contributed by atoms with Crippen LogP contribution in [0.5, 0.6) is 0 Å². The van der Waals surface area contributed by atoms with Crippen molar-refractivity contribution in [2.75, 3.05) is 0 Å². The quantitative estimate of drug-likeness (QED) is 0.525. The maximum absolute atomic E-state index is 11.0. The first-order chi connectivity index (χ1) is 6.63. The van der Waals surface area contributed by atoms with E-state index in [1.807, 2.05) is 32.0 Å². The molecule has 0 N–H and O–H groups in total. The Morgan fingerprint density at radius 3 is 2.71 bits per heavy atom. The van der Waals surface area contributed by atoms with E-state index in [2.05, 4.69) is 4.99 Å². The van der Waals surface area contributed by atoms with Gasteiger partial charge in [-0.2, -0.15) is 0 Å². The first-order valence-electron chi connectivity index (χ1n) is 4.30. The number of amides is 1. The number of aliphatic imine (C=N–C) groups is 1. The van der Waals surface area contributed by atoms with Crippen molar-refractivity contribution in [1.82, 2.24) is 0 Å². The van der Waals surface area contributed by atoms with Crippen LogP contribution in [0.3, 0.4) is 0 Å². The molecule has 0 radical (unpaired) electrons. The summed E-state index contributed by atoms with van der Waals surface area (Å²) in [6.07, 6.45) is 1.41. The summed E-state index contributed by atoms with van der Waals surface area (Å²) in [4.78, 5) is 23.9. The Balaban J connectivity index is 2.87. The van der Waals surface area contributed by atoms with Gasteiger partial charge < -0.3 is 0 Å². The van der Waals surface area contributed by atoms with Crippen molar-refractivity contribution in [3.63, 3.8) is 0 Å². The minimum absolute atomic E-state index is 0.168. The zero-order chi connectivity index (χ0) is 10.6. The highest BCUT2D eigenvalue weighted by Gasteiger charge is 2.04. The van der Waals surface area contributed by atoms with Crippen molar-refractivity contribution in [2.24, 2.45) is 4.99 Å². The number of carbonyl (C=O) groups is 1. The van der Waals surface area contributed by atoms with E-state index in [9.17, 15) is 9.59 Å². The summed E-state index contributed by atoms with van der Waals surface area (Å²) in [6, 6.07) is 5.80. The lowest BCUT2D eigenvalue weighted by Crippen LogP contribution is -2.00. The molecule has 0 saturated heterocycles. The van der Waals surface area contributed by atoms with Gasteiger partial charge in [-0.15, -0.1) is 4.99 Å². The molecule has 0 unspecified atom stereocenters. The largest absolute Gasteiger partial charge is 0.271 e. The maximum Gasteiger partial charge on any atom is 0.260 e. The standard InChI is InChI=1S/C11H11NO2/c1-8-3-4-10(9(2)5-8)6-11(14)12-7-13/h3-5H,6H2,1-2H3. The van der Waals surface area contributed by atoms with Crippen molar-refractivity contribution in [3.8, 4) is 0 Å². The second-order valence-corrected chi connectivity index (χ2v) is 3.20. The van der Waals surface area contributed by atoms with Gasteiger partial charge in [0.05, 0.1) is 6.42 Å². The minimum atomic E-state index is -0.452. The Morgan fingerprint density at radius 1 is 1.43 bits per heavy atom. The summed E-state index contributed by atoms with van der Waals surface area (Å²) in [5.74, 6) is -0.452. The van der Waals surface area contributed by atoms with Crippen LogP contribution in [0.25, 0.3) is 0 Å². The number of carbonyl (C=O) groups excluding carboxylic acids is 2.